The molecule has 3 atom stereocenters. The van der Waals surface area contributed by atoms with Crippen molar-refractivity contribution in [2.24, 2.45) is 11.8 Å². The van der Waals surface area contributed by atoms with Gasteiger partial charge in [0.1, 0.15) is 0 Å². The zero-order valence-corrected chi connectivity index (χ0v) is 22.4. The van der Waals surface area contributed by atoms with Gasteiger partial charge in [-0.2, -0.15) is 0 Å². The lowest BCUT2D eigenvalue weighted by atomic mass is 9.87. The molecule has 0 spiro atoms. The average molecular weight is 506 g/mol. The van der Waals surface area contributed by atoms with Crippen LogP contribution in [0.4, 0.5) is 5.69 Å². The van der Waals surface area contributed by atoms with Crippen LogP contribution in [0.3, 0.4) is 0 Å². The van der Waals surface area contributed by atoms with Crippen molar-refractivity contribution in [2.75, 3.05) is 4.90 Å². The van der Waals surface area contributed by atoms with E-state index in [4.69, 9.17) is 0 Å². The van der Waals surface area contributed by atoms with Crippen molar-refractivity contribution < 1.29 is 0 Å². The molecule has 192 valence electrons. The topological polar surface area (TPSA) is 3.24 Å². The lowest BCUT2D eigenvalue weighted by Crippen LogP contribution is -2.22. The van der Waals surface area contributed by atoms with E-state index in [0.717, 1.165) is 25.1 Å². The van der Waals surface area contributed by atoms with Gasteiger partial charge in [0, 0.05) is 35.7 Å². The number of rotatable bonds is 4. The minimum absolute atomic E-state index is 0.336. The van der Waals surface area contributed by atoms with Crippen LogP contribution < -0.4 is 4.90 Å². The Morgan fingerprint density at radius 1 is 0.692 bits per heavy atom. The highest BCUT2D eigenvalue weighted by Crippen LogP contribution is 2.34. The van der Waals surface area contributed by atoms with Crippen LogP contribution in [0.2, 0.25) is 0 Å². The molecule has 3 aliphatic rings. The summed E-state index contributed by atoms with van der Waals surface area (Å²) < 4.78 is 0. The van der Waals surface area contributed by atoms with Crippen LogP contribution in [0.5, 0.6) is 0 Å². The first-order chi connectivity index (χ1) is 19.2. The van der Waals surface area contributed by atoms with E-state index in [1.165, 1.54) is 33.5 Å². The maximum atomic E-state index is 4.56. The molecule has 1 heterocycles. The molecule has 6 rings (SSSR count). The summed E-state index contributed by atoms with van der Waals surface area (Å²) in [5.74, 6) is 1.17. The number of benzene rings is 3. The van der Waals surface area contributed by atoms with E-state index in [1.807, 2.05) is 0 Å². The van der Waals surface area contributed by atoms with E-state index >= 15 is 0 Å². The first-order valence-corrected chi connectivity index (χ1v) is 14.0. The molecule has 1 nitrogen and oxygen atoms in total. The third kappa shape index (κ3) is 5.73. The second-order valence-corrected chi connectivity index (χ2v) is 10.6. The Morgan fingerprint density at radius 3 is 2.23 bits per heavy atom. The Balaban J connectivity index is 1.37. The van der Waals surface area contributed by atoms with E-state index in [1.54, 1.807) is 0 Å². The molecule has 0 fully saturated rings. The zero-order chi connectivity index (χ0) is 26.4. The van der Waals surface area contributed by atoms with Crippen molar-refractivity contribution in [1.82, 2.24) is 0 Å². The molecule has 0 N–H and O–H groups in total. The van der Waals surface area contributed by atoms with E-state index in [2.05, 4.69) is 157 Å². The lowest BCUT2D eigenvalue weighted by molar-refractivity contribution is 0.665. The standard InChI is InChI=1S/C38H35N/c1-29-19-22-34-16-9-8-15-32(34)17-10-18-37-27-36(33-13-6-3-7-14-33)25-26-38(37)39(29)28-30-20-23-35(24-21-30)31-11-4-2-5-12-31/h2-11,13-17,19-27,31-32,34H,1,12,18,28H2/b17-10+,22-19-. The quantitative estimate of drug-likeness (QED) is 0.319. The molecule has 1 aliphatic heterocycles. The molecule has 1 heteroatoms. The summed E-state index contributed by atoms with van der Waals surface area (Å²) in [6.07, 6.45) is 28.9. The summed E-state index contributed by atoms with van der Waals surface area (Å²) in [6, 6.07) is 26.7. The van der Waals surface area contributed by atoms with Crippen LogP contribution in [0, 0.1) is 11.8 Å². The summed E-state index contributed by atoms with van der Waals surface area (Å²) >= 11 is 0. The van der Waals surface area contributed by atoms with E-state index < -0.39 is 0 Å². The van der Waals surface area contributed by atoms with Gasteiger partial charge in [-0.1, -0.05) is 134 Å². The smallest absolute Gasteiger partial charge is 0.0481 e. The Morgan fingerprint density at radius 2 is 1.46 bits per heavy atom. The molecule has 3 aromatic rings. The Kier molecular flexibility index (Phi) is 7.41. The van der Waals surface area contributed by atoms with Crippen molar-refractivity contribution in [3.8, 4) is 11.1 Å². The number of nitrogens with zero attached hydrogens (tertiary/aromatic N) is 1. The highest BCUT2D eigenvalue weighted by atomic mass is 15.1. The molecule has 0 saturated heterocycles. The van der Waals surface area contributed by atoms with Crippen LogP contribution in [-0.2, 0) is 13.0 Å². The third-order valence-corrected chi connectivity index (χ3v) is 7.98. The number of allylic oxidation sites excluding steroid dienone is 12. The van der Waals surface area contributed by atoms with Crippen molar-refractivity contribution in [2.45, 2.75) is 25.3 Å². The van der Waals surface area contributed by atoms with Gasteiger partial charge in [0.15, 0.2) is 0 Å². The fourth-order valence-electron chi connectivity index (χ4n) is 5.74. The van der Waals surface area contributed by atoms with Gasteiger partial charge in [-0.05, 0) is 58.9 Å². The molecule has 0 saturated carbocycles. The van der Waals surface area contributed by atoms with Gasteiger partial charge in [0.2, 0.25) is 0 Å². The van der Waals surface area contributed by atoms with Crippen LogP contribution in [0.1, 0.15) is 29.0 Å². The molecule has 3 unspecified atom stereocenters. The van der Waals surface area contributed by atoms with E-state index in [0.29, 0.717) is 17.8 Å². The van der Waals surface area contributed by atoms with E-state index in [-0.39, 0.29) is 0 Å². The molecule has 2 aliphatic carbocycles. The van der Waals surface area contributed by atoms with Gasteiger partial charge in [-0.25, -0.2) is 0 Å². The van der Waals surface area contributed by atoms with Crippen LogP contribution in [0.15, 0.2) is 158 Å². The predicted molar refractivity (Wildman–Crippen MR) is 167 cm³/mol. The van der Waals surface area contributed by atoms with Gasteiger partial charge in [-0.15, -0.1) is 0 Å². The predicted octanol–water partition coefficient (Wildman–Crippen LogP) is 9.50. The lowest BCUT2D eigenvalue weighted by Gasteiger charge is -2.28. The zero-order valence-electron chi connectivity index (χ0n) is 22.4. The SMILES string of the molecule is C=C1/C=C\C2C=CC=CC2/C=C/Cc2cc(-c3ccccc3)ccc2N1Cc1ccc(C2C=CC=CC2)cc1. The second-order valence-electron chi connectivity index (χ2n) is 10.6. The van der Waals surface area contributed by atoms with Crippen molar-refractivity contribution in [3.05, 3.63) is 175 Å². The Labute approximate surface area is 233 Å². The first-order valence-electron chi connectivity index (χ1n) is 14.0. The Bertz CT molecular complexity index is 1490. The average Bonchev–Trinajstić information content (AvgIpc) is 3.02. The number of hydrogen-bond acceptors (Lipinski definition) is 1. The highest BCUT2D eigenvalue weighted by Gasteiger charge is 2.19. The summed E-state index contributed by atoms with van der Waals surface area (Å²) in [5.41, 5.74) is 8.68. The summed E-state index contributed by atoms with van der Waals surface area (Å²) in [6.45, 7) is 5.34. The summed E-state index contributed by atoms with van der Waals surface area (Å²) in [5, 5.41) is 0. The molecule has 0 radical (unpaired) electrons. The molecule has 0 aromatic heterocycles. The molecule has 0 amide bonds. The summed E-state index contributed by atoms with van der Waals surface area (Å²) in [7, 11) is 0. The number of hydrogen-bond donors (Lipinski definition) is 0. The maximum absolute atomic E-state index is 4.56. The largest absolute Gasteiger partial charge is 0.337 e. The Hall–Kier alpha value is -4.36. The van der Waals surface area contributed by atoms with Crippen LogP contribution in [0.25, 0.3) is 11.1 Å². The summed E-state index contributed by atoms with van der Waals surface area (Å²) in [4.78, 5) is 2.38. The second kappa shape index (κ2) is 11.6. The van der Waals surface area contributed by atoms with Gasteiger partial charge in [0.05, 0.1) is 0 Å². The minimum atomic E-state index is 0.336. The third-order valence-electron chi connectivity index (χ3n) is 7.98. The fourth-order valence-corrected chi connectivity index (χ4v) is 5.74. The number of fused-ring (bicyclic) bond motifs is 2. The van der Waals surface area contributed by atoms with Gasteiger partial charge in [-0.3, -0.25) is 0 Å². The molecule has 39 heavy (non-hydrogen) atoms. The van der Waals surface area contributed by atoms with Crippen LogP contribution in [-0.4, -0.2) is 0 Å². The van der Waals surface area contributed by atoms with E-state index in [9.17, 15) is 0 Å². The number of anilines is 1. The molecule has 0 bridgehead atoms. The van der Waals surface area contributed by atoms with Crippen molar-refractivity contribution in [3.63, 3.8) is 0 Å². The minimum Gasteiger partial charge on any atom is -0.337 e. The van der Waals surface area contributed by atoms with Gasteiger partial charge >= 0.3 is 0 Å². The first kappa shape index (κ1) is 24.9. The van der Waals surface area contributed by atoms with Crippen molar-refractivity contribution >= 4 is 5.69 Å². The monoisotopic (exact) mass is 505 g/mol. The molecule has 3 aromatic carbocycles. The molecular weight excluding hydrogens is 470 g/mol. The fraction of sp³-hybridized carbons (Fsp3) is 0.158. The normalized spacial score (nSPS) is 23.5. The highest BCUT2D eigenvalue weighted by molar-refractivity contribution is 5.71. The van der Waals surface area contributed by atoms with Crippen molar-refractivity contribution in [1.29, 1.82) is 0 Å². The van der Waals surface area contributed by atoms with Crippen LogP contribution >= 0.6 is 0 Å². The van der Waals surface area contributed by atoms with Gasteiger partial charge < -0.3 is 4.90 Å². The molecular formula is C38H35N. The van der Waals surface area contributed by atoms with Gasteiger partial charge in [0.25, 0.3) is 0 Å². The maximum Gasteiger partial charge on any atom is 0.0481 e.